The topological polar surface area (TPSA) is 70.6 Å². The maximum Gasteiger partial charge on any atom is 0.319 e. The van der Waals surface area contributed by atoms with Gasteiger partial charge in [-0.25, -0.2) is 4.79 Å². The van der Waals surface area contributed by atoms with Gasteiger partial charge in [-0.05, 0) is 43.4 Å². The van der Waals surface area contributed by atoms with Crippen LogP contribution in [0.4, 0.5) is 10.5 Å². The maximum absolute atomic E-state index is 12.0. The summed E-state index contributed by atoms with van der Waals surface area (Å²) in [5.41, 5.74) is 1.82. The van der Waals surface area contributed by atoms with Crippen LogP contribution in [0.2, 0.25) is 0 Å². The fourth-order valence-electron chi connectivity index (χ4n) is 2.86. The van der Waals surface area contributed by atoms with Crippen molar-refractivity contribution in [1.29, 1.82) is 0 Å². The summed E-state index contributed by atoms with van der Waals surface area (Å²) in [6.07, 6.45) is 6.53. The lowest BCUT2D eigenvalue weighted by atomic mass is 9.98. The Morgan fingerprint density at radius 2 is 2.04 bits per heavy atom. The molecule has 2 atom stereocenters. The summed E-state index contributed by atoms with van der Waals surface area (Å²) in [6.45, 7) is 4.41. The Morgan fingerprint density at radius 3 is 2.75 bits per heavy atom. The number of ether oxygens (including phenoxy) is 1. The Hall–Kier alpha value is -1.59. The Balaban J connectivity index is 1.82. The van der Waals surface area contributed by atoms with Gasteiger partial charge in [0.15, 0.2) is 0 Å². The molecule has 134 valence electrons. The van der Waals surface area contributed by atoms with Crippen LogP contribution in [-0.4, -0.2) is 29.9 Å². The van der Waals surface area contributed by atoms with Crippen molar-refractivity contribution in [1.82, 2.24) is 5.32 Å². The second kappa shape index (κ2) is 9.64. The molecule has 0 heterocycles. The fraction of sp³-hybridized carbons (Fsp3) is 0.632. The van der Waals surface area contributed by atoms with Crippen LogP contribution in [0.25, 0.3) is 0 Å². The van der Waals surface area contributed by atoms with Crippen molar-refractivity contribution < 1.29 is 14.6 Å². The largest absolute Gasteiger partial charge is 0.396 e. The molecule has 2 amide bonds. The third kappa shape index (κ3) is 6.13. The number of hydrogen-bond donors (Lipinski definition) is 3. The van der Waals surface area contributed by atoms with E-state index in [4.69, 9.17) is 9.84 Å². The monoisotopic (exact) mass is 334 g/mol. The average Bonchev–Trinajstić information content (AvgIpc) is 2.60. The van der Waals surface area contributed by atoms with Crippen molar-refractivity contribution in [3.8, 4) is 0 Å². The van der Waals surface area contributed by atoms with Crippen LogP contribution in [0.1, 0.15) is 51.5 Å². The van der Waals surface area contributed by atoms with Crippen LogP contribution < -0.4 is 10.6 Å². The van der Waals surface area contributed by atoms with Crippen molar-refractivity contribution in [3.05, 3.63) is 29.8 Å². The zero-order chi connectivity index (χ0) is 17.4. The molecule has 5 nitrogen and oxygen atoms in total. The van der Waals surface area contributed by atoms with Gasteiger partial charge in [0.2, 0.25) is 0 Å². The van der Waals surface area contributed by atoms with Crippen molar-refractivity contribution in [2.75, 3.05) is 11.9 Å². The summed E-state index contributed by atoms with van der Waals surface area (Å²) in [5.74, 6) is 0.0194. The van der Waals surface area contributed by atoms with E-state index >= 15 is 0 Å². The van der Waals surface area contributed by atoms with Crippen molar-refractivity contribution in [2.24, 2.45) is 5.92 Å². The number of amides is 2. The number of aliphatic hydroxyl groups excluding tert-OH is 1. The lowest BCUT2D eigenvalue weighted by Gasteiger charge is -2.22. The van der Waals surface area contributed by atoms with Gasteiger partial charge in [0.25, 0.3) is 0 Å². The fourth-order valence-corrected chi connectivity index (χ4v) is 2.86. The van der Waals surface area contributed by atoms with Crippen molar-refractivity contribution in [2.45, 2.75) is 64.7 Å². The van der Waals surface area contributed by atoms with Gasteiger partial charge in [-0.3, -0.25) is 0 Å². The highest BCUT2D eigenvalue weighted by molar-refractivity contribution is 5.89. The smallest absolute Gasteiger partial charge is 0.319 e. The number of hydrogen-bond acceptors (Lipinski definition) is 3. The number of rotatable bonds is 7. The van der Waals surface area contributed by atoms with Gasteiger partial charge in [-0.1, -0.05) is 38.3 Å². The van der Waals surface area contributed by atoms with Crippen LogP contribution in [0.15, 0.2) is 24.3 Å². The Bertz CT molecular complexity index is 515. The van der Waals surface area contributed by atoms with Gasteiger partial charge < -0.3 is 20.5 Å². The molecule has 0 aromatic heterocycles. The SMILES string of the molecule is CC(CO)C(C)NC(=O)Nc1cccc(COC2CCCCC2)c1. The first-order valence-corrected chi connectivity index (χ1v) is 8.97. The van der Waals surface area contributed by atoms with Gasteiger partial charge in [-0.2, -0.15) is 0 Å². The number of urea groups is 1. The molecule has 1 aromatic carbocycles. The van der Waals surface area contributed by atoms with Gasteiger partial charge in [0, 0.05) is 18.3 Å². The molecule has 24 heavy (non-hydrogen) atoms. The van der Waals surface area contributed by atoms with E-state index in [1.165, 1.54) is 19.3 Å². The molecule has 3 N–H and O–H groups in total. The second-order valence-electron chi connectivity index (χ2n) is 6.82. The van der Waals surface area contributed by atoms with Gasteiger partial charge in [0.05, 0.1) is 12.7 Å². The number of nitrogens with one attached hydrogen (secondary N) is 2. The van der Waals surface area contributed by atoms with E-state index in [1.54, 1.807) is 0 Å². The van der Waals surface area contributed by atoms with Gasteiger partial charge >= 0.3 is 6.03 Å². The number of carbonyl (C=O) groups is 1. The Labute approximate surface area is 144 Å². The summed E-state index contributed by atoms with van der Waals surface area (Å²) < 4.78 is 5.98. The predicted molar refractivity (Wildman–Crippen MR) is 96.0 cm³/mol. The molecule has 1 aliphatic carbocycles. The van der Waals surface area contributed by atoms with E-state index in [0.717, 1.165) is 24.1 Å². The van der Waals surface area contributed by atoms with E-state index in [9.17, 15) is 4.79 Å². The minimum absolute atomic E-state index is 0.0194. The van der Waals surface area contributed by atoms with E-state index in [-0.39, 0.29) is 24.6 Å². The van der Waals surface area contributed by atoms with Crippen LogP contribution in [0, 0.1) is 5.92 Å². The zero-order valence-electron chi connectivity index (χ0n) is 14.8. The van der Waals surface area contributed by atoms with Crippen LogP contribution in [0.5, 0.6) is 0 Å². The highest BCUT2D eigenvalue weighted by Gasteiger charge is 2.15. The molecule has 0 saturated heterocycles. The summed E-state index contributed by atoms with van der Waals surface area (Å²) in [5, 5.41) is 14.8. The minimum Gasteiger partial charge on any atom is -0.396 e. The lowest BCUT2D eigenvalue weighted by Crippen LogP contribution is -2.40. The van der Waals surface area contributed by atoms with Crippen molar-refractivity contribution >= 4 is 11.7 Å². The first-order valence-electron chi connectivity index (χ1n) is 8.97. The van der Waals surface area contributed by atoms with Crippen LogP contribution in [0.3, 0.4) is 0 Å². The average molecular weight is 334 g/mol. The first kappa shape index (κ1) is 18.7. The quantitative estimate of drug-likeness (QED) is 0.712. The molecule has 2 rings (SSSR count). The molecule has 0 aliphatic heterocycles. The third-order valence-corrected chi connectivity index (χ3v) is 4.72. The van der Waals surface area contributed by atoms with Crippen molar-refractivity contribution in [3.63, 3.8) is 0 Å². The van der Waals surface area contributed by atoms with E-state index in [1.807, 2.05) is 38.1 Å². The summed E-state index contributed by atoms with van der Waals surface area (Å²) in [6, 6.07) is 7.41. The first-order chi connectivity index (χ1) is 11.6. The summed E-state index contributed by atoms with van der Waals surface area (Å²) in [7, 11) is 0. The second-order valence-corrected chi connectivity index (χ2v) is 6.82. The zero-order valence-corrected chi connectivity index (χ0v) is 14.8. The number of anilines is 1. The Morgan fingerprint density at radius 1 is 1.29 bits per heavy atom. The molecule has 1 fully saturated rings. The minimum atomic E-state index is -0.256. The van der Waals surface area contributed by atoms with E-state index < -0.39 is 0 Å². The highest BCUT2D eigenvalue weighted by atomic mass is 16.5. The number of carbonyl (C=O) groups excluding carboxylic acids is 1. The molecule has 1 aliphatic rings. The predicted octanol–water partition coefficient (Wildman–Crippen LogP) is 3.67. The lowest BCUT2D eigenvalue weighted by molar-refractivity contribution is 0.0169. The number of aliphatic hydroxyl groups is 1. The number of benzene rings is 1. The highest BCUT2D eigenvalue weighted by Crippen LogP contribution is 2.22. The normalized spacial score (nSPS) is 18.0. The molecule has 0 bridgehead atoms. The molecule has 0 radical (unpaired) electrons. The van der Waals surface area contributed by atoms with Gasteiger partial charge in [-0.15, -0.1) is 0 Å². The maximum atomic E-state index is 12.0. The Kier molecular flexibility index (Phi) is 7.53. The molecule has 1 aromatic rings. The molecule has 0 spiro atoms. The molecule has 5 heteroatoms. The third-order valence-electron chi connectivity index (χ3n) is 4.72. The summed E-state index contributed by atoms with van der Waals surface area (Å²) >= 11 is 0. The van der Waals surface area contributed by atoms with Crippen LogP contribution >= 0.6 is 0 Å². The van der Waals surface area contributed by atoms with E-state index in [2.05, 4.69) is 10.6 Å². The van der Waals surface area contributed by atoms with E-state index in [0.29, 0.717) is 12.7 Å². The van der Waals surface area contributed by atoms with Crippen LogP contribution in [-0.2, 0) is 11.3 Å². The van der Waals surface area contributed by atoms with Gasteiger partial charge in [0.1, 0.15) is 0 Å². The summed E-state index contributed by atoms with van der Waals surface area (Å²) in [4.78, 5) is 12.0. The molecular weight excluding hydrogens is 304 g/mol. The molecular formula is C19H30N2O3. The standard InChI is InChI=1S/C19H30N2O3/c1-14(12-22)15(2)20-19(23)21-17-8-6-7-16(11-17)13-24-18-9-4-3-5-10-18/h6-8,11,14-15,18,22H,3-5,9-10,12-13H2,1-2H3,(H2,20,21,23). The molecule has 2 unspecified atom stereocenters. The molecule has 1 saturated carbocycles.